The molecule has 1 aliphatic rings. The second-order valence-corrected chi connectivity index (χ2v) is 6.17. The molecule has 25 heavy (non-hydrogen) atoms. The Morgan fingerprint density at radius 1 is 1.28 bits per heavy atom. The fourth-order valence-corrected chi connectivity index (χ4v) is 2.87. The quantitative estimate of drug-likeness (QED) is 0.875. The summed E-state index contributed by atoms with van der Waals surface area (Å²) >= 11 is 0. The van der Waals surface area contributed by atoms with Crippen LogP contribution in [0.15, 0.2) is 30.6 Å². The van der Waals surface area contributed by atoms with Crippen molar-refractivity contribution < 1.29 is 9.53 Å². The number of hydrogen-bond donors (Lipinski definition) is 2. The molecule has 1 aliphatic heterocycles. The molecule has 2 N–H and O–H groups in total. The number of morpholine rings is 1. The standard InChI is InChI=1S/C18H25N5O2/c1-3-6-23-13-15(12-19-23)20-18(24)21-17-5-4-16(11-14(17)2)22-7-9-25-10-8-22/h4-5,11-13H,3,6-10H2,1-2H3,(H2,20,21,24). The summed E-state index contributed by atoms with van der Waals surface area (Å²) in [6, 6.07) is 5.81. The zero-order valence-corrected chi connectivity index (χ0v) is 14.8. The van der Waals surface area contributed by atoms with Crippen LogP contribution in [0.2, 0.25) is 0 Å². The summed E-state index contributed by atoms with van der Waals surface area (Å²) < 4.78 is 7.21. The van der Waals surface area contributed by atoms with Gasteiger partial charge in [0.25, 0.3) is 0 Å². The van der Waals surface area contributed by atoms with Gasteiger partial charge in [-0.25, -0.2) is 4.79 Å². The van der Waals surface area contributed by atoms with Gasteiger partial charge in [-0.1, -0.05) is 6.92 Å². The van der Waals surface area contributed by atoms with E-state index >= 15 is 0 Å². The van der Waals surface area contributed by atoms with Crippen LogP contribution >= 0.6 is 0 Å². The lowest BCUT2D eigenvalue weighted by molar-refractivity contribution is 0.122. The molecular weight excluding hydrogens is 318 g/mol. The number of hydrogen-bond acceptors (Lipinski definition) is 4. The van der Waals surface area contributed by atoms with Crippen molar-refractivity contribution in [1.29, 1.82) is 0 Å². The van der Waals surface area contributed by atoms with Crippen LogP contribution in [0.25, 0.3) is 0 Å². The zero-order valence-electron chi connectivity index (χ0n) is 14.8. The largest absolute Gasteiger partial charge is 0.378 e. The highest BCUT2D eigenvalue weighted by Gasteiger charge is 2.13. The molecule has 2 heterocycles. The van der Waals surface area contributed by atoms with E-state index in [1.807, 2.05) is 29.9 Å². The predicted octanol–water partition coefficient (Wildman–Crippen LogP) is 3.08. The molecule has 0 bridgehead atoms. The lowest BCUT2D eigenvalue weighted by Crippen LogP contribution is -2.36. The SMILES string of the molecule is CCCn1cc(NC(=O)Nc2ccc(N3CCOCC3)cc2C)cn1. The molecule has 1 fully saturated rings. The molecule has 0 aliphatic carbocycles. The Morgan fingerprint density at radius 2 is 2.08 bits per heavy atom. The van der Waals surface area contributed by atoms with Gasteiger partial charge in [-0.2, -0.15) is 5.10 Å². The number of amides is 2. The lowest BCUT2D eigenvalue weighted by atomic mass is 10.1. The average Bonchev–Trinajstić information content (AvgIpc) is 3.05. The van der Waals surface area contributed by atoms with Crippen molar-refractivity contribution in [2.24, 2.45) is 0 Å². The Balaban J connectivity index is 1.60. The van der Waals surface area contributed by atoms with E-state index in [-0.39, 0.29) is 6.03 Å². The van der Waals surface area contributed by atoms with Gasteiger partial charge >= 0.3 is 6.03 Å². The minimum absolute atomic E-state index is 0.265. The smallest absolute Gasteiger partial charge is 0.323 e. The van der Waals surface area contributed by atoms with Crippen molar-refractivity contribution in [3.05, 3.63) is 36.2 Å². The summed E-state index contributed by atoms with van der Waals surface area (Å²) in [5.74, 6) is 0. The number of nitrogens with zero attached hydrogens (tertiary/aromatic N) is 3. The number of urea groups is 1. The topological polar surface area (TPSA) is 71.4 Å². The van der Waals surface area contributed by atoms with Crippen molar-refractivity contribution in [2.45, 2.75) is 26.8 Å². The summed E-state index contributed by atoms with van der Waals surface area (Å²) in [6.45, 7) is 8.23. The van der Waals surface area contributed by atoms with E-state index < -0.39 is 0 Å². The molecule has 0 radical (unpaired) electrons. The van der Waals surface area contributed by atoms with Gasteiger partial charge in [0, 0.05) is 37.2 Å². The third-order valence-corrected chi connectivity index (χ3v) is 4.18. The van der Waals surface area contributed by atoms with Crippen LogP contribution in [0.5, 0.6) is 0 Å². The Bertz CT molecular complexity index is 722. The van der Waals surface area contributed by atoms with Crippen LogP contribution in [0.4, 0.5) is 21.9 Å². The maximum absolute atomic E-state index is 12.2. The van der Waals surface area contributed by atoms with E-state index in [1.165, 1.54) is 0 Å². The minimum atomic E-state index is -0.265. The Morgan fingerprint density at radius 3 is 2.80 bits per heavy atom. The van der Waals surface area contributed by atoms with Crippen LogP contribution < -0.4 is 15.5 Å². The van der Waals surface area contributed by atoms with E-state index in [2.05, 4.69) is 33.6 Å². The van der Waals surface area contributed by atoms with Crippen LogP contribution in [0, 0.1) is 6.92 Å². The van der Waals surface area contributed by atoms with E-state index in [0.29, 0.717) is 5.69 Å². The molecular formula is C18H25N5O2. The van der Waals surface area contributed by atoms with Crippen LogP contribution in [0.1, 0.15) is 18.9 Å². The Kier molecular flexibility index (Phi) is 5.55. The molecule has 0 atom stereocenters. The first-order valence-corrected chi connectivity index (χ1v) is 8.69. The molecule has 0 spiro atoms. The molecule has 2 aromatic rings. The van der Waals surface area contributed by atoms with Gasteiger partial charge in [-0.3, -0.25) is 4.68 Å². The zero-order chi connectivity index (χ0) is 17.6. The summed E-state index contributed by atoms with van der Waals surface area (Å²) in [7, 11) is 0. The highest BCUT2D eigenvalue weighted by molar-refractivity contribution is 6.00. The monoisotopic (exact) mass is 343 g/mol. The molecule has 1 aromatic carbocycles. The molecule has 2 amide bonds. The number of anilines is 3. The van der Waals surface area contributed by atoms with Crippen molar-refractivity contribution in [2.75, 3.05) is 41.8 Å². The van der Waals surface area contributed by atoms with Gasteiger partial charge in [-0.15, -0.1) is 0 Å². The first kappa shape index (κ1) is 17.3. The van der Waals surface area contributed by atoms with Crippen molar-refractivity contribution >= 4 is 23.1 Å². The van der Waals surface area contributed by atoms with E-state index in [4.69, 9.17) is 4.74 Å². The van der Waals surface area contributed by atoms with E-state index in [9.17, 15) is 4.79 Å². The summed E-state index contributed by atoms with van der Waals surface area (Å²) in [5, 5.41) is 9.92. The van der Waals surface area contributed by atoms with Gasteiger partial charge in [0.2, 0.25) is 0 Å². The fraction of sp³-hybridized carbons (Fsp3) is 0.444. The normalized spacial score (nSPS) is 14.4. The molecule has 1 saturated heterocycles. The van der Waals surface area contributed by atoms with Gasteiger partial charge < -0.3 is 20.3 Å². The van der Waals surface area contributed by atoms with Crippen LogP contribution in [-0.4, -0.2) is 42.1 Å². The summed E-state index contributed by atoms with van der Waals surface area (Å²) in [4.78, 5) is 14.5. The lowest BCUT2D eigenvalue weighted by Gasteiger charge is -2.29. The molecule has 0 saturated carbocycles. The number of ether oxygens (including phenoxy) is 1. The number of rotatable bonds is 5. The van der Waals surface area contributed by atoms with E-state index in [1.54, 1.807) is 6.20 Å². The van der Waals surface area contributed by atoms with Gasteiger partial charge in [-0.05, 0) is 37.1 Å². The van der Waals surface area contributed by atoms with Crippen molar-refractivity contribution in [3.8, 4) is 0 Å². The number of benzene rings is 1. The van der Waals surface area contributed by atoms with Gasteiger partial charge in [0.1, 0.15) is 0 Å². The summed E-state index contributed by atoms with van der Waals surface area (Å²) in [6.07, 6.45) is 4.49. The molecule has 7 heteroatoms. The third kappa shape index (κ3) is 4.51. The molecule has 3 rings (SSSR count). The number of aryl methyl sites for hydroxylation is 2. The predicted molar refractivity (Wildman–Crippen MR) is 99.4 cm³/mol. The number of aromatic nitrogens is 2. The van der Waals surface area contributed by atoms with Gasteiger partial charge in [0.05, 0.1) is 25.1 Å². The molecule has 7 nitrogen and oxygen atoms in total. The average molecular weight is 343 g/mol. The van der Waals surface area contributed by atoms with Crippen molar-refractivity contribution in [1.82, 2.24) is 9.78 Å². The second kappa shape index (κ2) is 8.02. The molecule has 0 unspecified atom stereocenters. The molecule has 134 valence electrons. The third-order valence-electron chi connectivity index (χ3n) is 4.18. The number of carbonyl (C=O) groups excluding carboxylic acids is 1. The van der Waals surface area contributed by atoms with Crippen molar-refractivity contribution in [3.63, 3.8) is 0 Å². The highest BCUT2D eigenvalue weighted by atomic mass is 16.5. The number of nitrogens with one attached hydrogen (secondary N) is 2. The first-order valence-electron chi connectivity index (χ1n) is 8.69. The maximum atomic E-state index is 12.2. The van der Waals surface area contributed by atoms with E-state index in [0.717, 1.165) is 56.2 Å². The Labute approximate surface area is 148 Å². The minimum Gasteiger partial charge on any atom is -0.378 e. The molecule has 1 aromatic heterocycles. The Hall–Kier alpha value is -2.54. The second-order valence-electron chi connectivity index (χ2n) is 6.17. The highest BCUT2D eigenvalue weighted by Crippen LogP contribution is 2.23. The van der Waals surface area contributed by atoms with Gasteiger partial charge in [0.15, 0.2) is 0 Å². The maximum Gasteiger partial charge on any atom is 0.323 e. The van der Waals surface area contributed by atoms with Crippen LogP contribution in [-0.2, 0) is 11.3 Å². The first-order chi connectivity index (χ1) is 12.2. The fourth-order valence-electron chi connectivity index (χ4n) is 2.87. The van der Waals surface area contributed by atoms with Crippen LogP contribution in [0.3, 0.4) is 0 Å². The summed E-state index contributed by atoms with van der Waals surface area (Å²) in [5.41, 5.74) is 3.68. The number of carbonyl (C=O) groups is 1.